The first-order valence-corrected chi connectivity index (χ1v) is 8.08. The number of aliphatic hydroxyl groups excluding tert-OH is 2. The van der Waals surface area contributed by atoms with Crippen LogP contribution in [0.2, 0.25) is 0 Å². The monoisotopic (exact) mass is 306 g/mol. The highest BCUT2D eigenvalue weighted by atomic mass is 16.5. The van der Waals surface area contributed by atoms with E-state index in [9.17, 15) is 0 Å². The van der Waals surface area contributed by atoms with Crippen LogP contribution >= 0.6 is 0 Å². The van der Waals surface area contributed by atoms with Crippen LogP contribution in [0, 0.1) is 0 Å². The molecule has 1 aliphatic rings. The summed E-state index contributed by atoms with van der Waals surface area (Å²) in [6.45, 7) is 9.02. The van der Waals surface area contributed by atoms with Crippen LogP contribution in [0.15, 0.2) is 0 Å². The van der Waals surface area contributed by atoms with Gasteiger partial charge in [0.25, 0.3) is 0 Å². The lowest BCUT2D eigenvalue weighted by molar-refractivity contribution is 0.00166. The van der Waals surface area contributed by atoms with Crippen LogP contribution in [-0.4, -0.2) is 87.0 Å². The molecule has 0 spiro atoms. The molecule has 6 nitrogen and oxygen atoms in total. The highest BCUT2D eigenvalue weighted by molar-refractivity contribution is 4.70. The zero-order valence-corrected chi connectivity index (χ0v) is 13.9. The van der Waals surface area contributed by atoms with Crippen LogP contribution in [0.5, 0.6) is 0 Å². The minimum Gasteiger partial charge on any atom is -0.394 e. The number of nitrogens with one attached hydrogen (secondary N) is 1. The lowest BCUT2D eigenvalue weighted by Crippen LogP contribution is -2.41. The average Bonchev–Trinajstić information content (AvgIpc) is 2.54. The van der Waals surface area contributed by atoms with Crippen LogP contribution in [0.1, 0.15) is 26.7 Å². The number of ether oxygens (including phenoxy) is 2. The quantitative estimate of drug-likeness (QED) is 0.497. The Balaban J connectivity index is 0.00000191. The molecule has 1 fully saturated rings. The lowest BCUT2D eigenvalue weighted by Gasteiger charge is -2.24. The fraction of sp³-hybridized carbons (Fsp3) is 1.00. The maximum atomic E-state index is 9.10. The SMILES string of the molecule is CC.CN(CCCC1COCCN1)CCOCC(O)CO. The number of aliphatic hydroxyl groups is 2. The second kappa shape index (κ2) is 14.7. The Morgan fingerprint density at radius 1 is 1.38 bits per heavy atom. The first kappa shape index (κ1) is 20.8. The molecule has 0 aromatic carbocycles. The molecule has 3 N–H and O–H groups in total. The van der Waals surface area contributed by atoms with Gasteiger partial charge in [-0.1, -0.05) is 13.8 Å². The van der Waals surface area contributed by atoms with Gasteiger partial charge in [0, 0.05) is 19.1 Å². The first-order valence-electron chi connectivity index (χ1n) is 8.08. The zero-order chi connectivity index (χ0) is 15.9. The number of hydrogen-bond donors (Lipinski definition) is 3. The van der Waals surface area contributed by atoms with E-state index in [0.29, 0.717) is 12.6 Å². The number of rotatable bonds is 10. The van der Waals surface area contributed by atoms with Crippen LogP contribution in [0.3, 0.4) is 0 Å². The molecular formula is C15H34N2O4. The molecule has 0 amide bonds. The summed E-state index contributed by atoms with van der Waals surface area (Å²) < 4.78 is 10.7. The van der Waals surface area contributed by atoms with Gasteiger partial charge in [-0.25, -0.2) is 0 Å². The summed E-state index contributed by atoms with van der Waals surface area (Å²) >= 11 is 0. The standard InChI is InChI=1S/C13H28N2O4.C2H6/c1-15(6-8-19-11-13(17)9-16)5-2-3-12-10-18-7-4-14-12;1-2/h12-14,16-17H,2-11H2,1H3;1-2H3. The van der Waals surface area contributed by atoms with Crippen molar-refractivity contribution in [1.82, 2.24) is 10.2 Å². The topological polar surface area (TPSA) is 74.2 Å². The van der Waals surface area contributed by atoms with E-state index in [0.717, 1.165) is 45.7 Å². The van der Waals surface area contributed by atoms with Crippen LogP contribution in [-0.2, 0) is 9.47 Å². The van der Waals surface area contributed by atoms with Crippen molar-refractivity contribution < 1.29 is 19.7 Å². The Morgan fingerprint density at radius 3 is 2.76 bits per heavy atom. The van der Waals surface area contributed by atoms with Crippen molar-refractivity contribution in [2.24, 2.45) is 0 Å². The third-order valence-corrected chi connectivity index (χ3v) is 3.23. The third kappa shape index (κ3) is 12.0. The second-order valence-electron chi connectivity index (χ2n) is 5.08. The van der Waals surface area contributed by atoms with E-state index in [4.69, 9.17) is 19.7 Å². The Bertz CT molecular complexity index is 214. The van der Waals surface area contributed by atoms with Crippen molar-refractivity contribution in [3.8, 4) is 0 Å². The van der Waals surface area contributed by atoms with Gasteiger partial charge < -0.3 is 29.9 Å². The maximum Gasteiger partial charge on any atom is 0.100 e. The summed E-state index contributed by atoms with van der Waals surface area (Å²) in [6.07, 6.45) is 1.51. The summed E-state index contributed by atoms with van der Waals surface area (Å²) in [5.74, 6) is 0. The molecule has 1 heterocycles. The number of likely N-dealkylation sites (N-methyl/N-ethyl adjacent to an activating group) is 1. The molecule has 128 valence electrons. The van der Waals surface area contributed by atoms with E-state index in [1.54, 1.807) is 0 Å². The molecule has 0 aliphatic carbocycles. The molecule has 2 unspecified atom stereocenters. The minimum absolute atomic E-state index is 0.202. The zero-order valence-electron chi connectivity index (χ0n) is 13.9. The van der Waals surface area contributed by atoms with Crippen molar-refractivity contribution in [2.75, 3.05) is 59.7 Å². The van der Waals surface area contributed by atoms with Crippen molar-refractivity contribution >= 4 is 0 Å². The van der Waals surface area contributed by atoms with Crippen LogP contribution < -0.4 is 5.32 Å². The molecule has 2 atom stereocenters. The molecule has 6 heteroatoms. The van der Waals surface area contributed by atoms with Crippen LogP contribution in [0.25, 0.3) is 0 Å². The fourth-order valence-corrected chi connectivity index (χ4v) is 2.02. The van der Waals surface area contributed by atoms with Crippen molar-refractivity contribution in [2.45, 2.75) is 38.8 Å². The van der Waals surface area contributed by atoms with Gasteiger partial charge in [-0.3, -0.25) is 0 Å². The van der Waals surface area contributed by atoms with Crippen LogP contribution in [0.4, 0.5) is 0 Å². The second-order valence-corrected chi connectivity index (χ2v) is 5.08. The summed E-state index contributed by atoms with van der Waals surface area (Å²) in [4.78, 5) is 2.22. The molecule has 1 aliphatic heterocycles. The molecule has 1 saturated heterocycles. The largest absolute Gasteiger partial charge is 0.394 e. The van der Waals surface area contributed by atoms with Gasteiger partial charge in [-0.05, 0) is 26.4 Å². The van der Waals surface area contributed by atoms with Gasteiger partial charge in [0.05, 0.1) is 33.0 Å². The Kier molecular flexibility index (Phi) is 14.5. The van der Waals surface area contributed by atoms with Crippen molar-refractivity contribution in [1.29, 1.82) is 0 Å². The first-order chi connectivity index (χ1) is 10.2. The number of morpholine rings is 1. The predicted molar refractivity (Wildman–Crippen MR) is 84.6 cm³/mol. The summed E-state index contributed by atoms with van der Waals surface area (Å²) in [7, 11) is 2.07. The van der Waals surface area contributed by atoms with E-state index in [2.05, 4.69) is 17.3 Å². The highest BCUT2D eigenvalue weighted by Gasteiger charge is 2.12. The molecule has 21 heavy (non-hydrogen) atoms. The molecule has 0 saturated carbocycles. The van der Waals surface area contributed by atoms with E-state index in [1.807, 2.05) is 13.8 Å². The predicted octanol–water partition coefficient (Wildman–Crippen LogP) is 0.0828. The number of nitrogens with zero attached hydrogens (tertiary/aromatic N) is 1. The summed E-state index contributed by atoms with van der Waals surface area (Å²) in [5, 5.41) is 21.2. The van der Waals surface area contributed by atoms with E-state index in [1.165, 1.54) is 0 Å². The third-order valence-electron chi connectivity index (χ3n) is 3.23. The van der Waals surface area contributed by atoms with Gasteiger partial charge in [-0.2, -0.15) is 0 Å². The van der Waals surface area contributed by atoms with E-state index in [-0.39, 0.29) is 13.2 Å². The highest BCUT2D eigenvalue weighted by Crippen LogP contribution is 2.02. The fourth-order valence-electron chi connectivity index (χ4n) is 2.02. The molecule has 0 bridgehead atoms. The average molecular weight is 306 g/mol. The van der Waals surface area contributed by atoms with Gasteiger partial charge in [0.1, 0.15) is 6.10 Å². The van der Waals surface area contributed by atoms with Crippen molar-refractivity contribution in [3.63, 3.8) is 0 Å². The molecular weight excluding hydrogens is 272 g/mol. The number of hydrogen-bond acceptors (Lipinski definition) is 6. The normalized spacial score (nSPS) is 20.0. The van der Waals surface area contributed by atoms with Gasteiger partial charge in [0.15, 0.2) is 0 Å². The minimum atomic E-state index is -0.761. The maximum absolute atomic E-state index is 9.10. The van der Waals surface area contributed by atoms with Gasteiger partial charge in [0.2, 0.25) is 0 Å². The molecule has 0 aromatic rings. The Labute approximate surface area is 129 Å². The summed E-state index contributed by atoms with van der Waals surface area (Å²) in [5.41, 5.74) is 0. The lowest BCUT2D eigenvalue weighted by atomic mass is 10.1. The molecule has 0 radical (unpaired) electrons. The molecule has 1 rings (SSSR count). The molecule has 0 aromatic heterocycles. The van der Waals surface area contributed by atoms with Crippen molar-refractivity contribution in [3.05, 3.63) is 0 Å². The van der Waals surface area contributed by atoms with E-state index >= 15 is 0 Å². The Morgan fingerprint density at radius 2 is 2.14 bits per heavy atom. The van der Waals surface area contributed by atoms with Gasteiger partial charge >= 0.3 is 0 Å². The Hall–Kier alpha value is -0.240. The van der Waals surface area contributed by atoms with E-state index < -0.39 is 6.10 Å². The summed E-state index contributed by atoms with van der Waals surface area (Å²) in [6, 6.07) is 0.498. The smallest absolute Gasteiger partial charge is 0.100 e. The van der Waals surface area contributed by atoms with Gasteiger partial charge in [-0.15, -0.1) is 0 Å².